The Morgan fingerprint density at radius 2 is 2.00 bits per heavy atom. The fourth-order valence-corrected chi connectivity index (χ4v) is 3.15. The van der Waals surface area contributed by atoms with Gasteiger partial charge in [0, 0.05) is 11.3 Å². The van der Waals surface area contributed by atoms with Crippen LogP contribution in [0.15, 0.2) is 64.4 Å². The summed E-state index contributed by atoms with van der Waals surface area (Å²) in [5.74, 6) is 0.650. The van der Waals surface area contributed by atoms with Crippen LogP contribution in [0.4, 0.5) is 0 Å². The molecule has 2 heterocycles. The zero-order valence-corrected chi connectivity index (χ0v) is 14.9. The van der Waals surface area contributed by atoms with Crippen LogP contribution in [0.5, 0.6) is 0 Å². The summed E-state index contributed by atoms with van der Waals surface area (Å²) < 4.78 is 5.22. The van der Waals surface area contributed by atoms with E-state index in [1.807, 2.05) is 56.3 Å². The molecule has 128 valence electrons. The van der Waals surface area contributed by atoms with E-state index in [1.54, 1.807) is 12.3 Å². The molecule has 0 aliphatic carbocycles. The van der Waals surface area contributed by atoms with Crippen LogP contribution in [0.3, 0.4) is 0 Å². The standard InChI is InChI=1S/C19H19N3O2S/c1-13-11-17(15-7-4-3-5-8-15)22-19(21-13)25-14(2)18(23)20-12-16-9-6-10-24-16/h3-11,14H,12H2,1-2H3,(H,20,23)/t14-/m0/s1. The molecule has 25 heavy (non-hydrogen) atoms. The minimum absolute atomic E-state index is 0.0761. The van der Waals surface area contributed by atoms with Gasteiger partial charge in [-0.3, -0.25) is 4.79 Å². The van der Waals surface area contributed by atoms with Crippen molar-refractivity contribution in [2.45, 2.75) is 30.8 Å². The van der Waals surface area contributed by atoms with Crippen molar-refractivity contribution in [1.82, 2.24) is 15.3 Å². The van der Waals surface area contributed by atoms with Gasteiger partial charge in [-0.05, 0) is 32.0 Å². The summed E-state index contributed by atoms with van der Waals surface area (Å²) in [6.07, 6.45) is 1.59. The Morgan fingerprint density at radius 1 is 1.20 bits per heavy atom. The third-order valence-corrected chi connectivity index (χ3v) is 4.53. The molecule has 0 bridgehead atoms. The van der Waals surface area contributed by atoms with Crippen LogP contribution in [-0.4, -0.2) is 21.1 Å². The second kappa shape index (κ2) is 7.98. The van der Waals surface area contributed by atoms with Crippen LogP contribution < -0.4 is 5.32 Å². The van der Waals surface area contributed by atoms with E-state index in [-0.39, 0.29) is 11.2 Å². The third-order valence-electron chi connectivity index (χ3n) is 3.57. The first-order chi connectivity index (χ1) is 12.1. The van der Waals surface area contributed by atoms with Gasteiger partial charge in [-0.2, -0.15) is 0 Å². The molecule has 0 spiro atoms. The van der Waals surface area contributed by atoms with E-state index < -0.39 is 0 Å². The molecule has 2 aromatic heterocycles. The molecule has 6 heteroatoms. The van der Waals surface area contributed by atoms with Crippen LogP contribution in [-0.2, 0) is 11.3 Å². The Balaban J connectivity index is 1.67. The summed E-state index contributed by atoms with van der Waals surface area (Å²) in [6.45, 7) is 4.15. The quantitative estimate of drug-likeness (QED) is 0.539. The van der Waals surface area contributed by atoms with E-state index in [1.165, 1.54) is 11.8 Å². The van der Waals surface area contributed by atoms with Crippen molar-refractivity contribution < 1.29 is 9.21 Å². The van der Waals surface area contributed by atoms with Crippen molar-refractivity contribution in [2.24, 2.45) is 0 Å². The molecular weight excluding hydrogens is 334 g/mol. The number of nitrogens with one attached hydrogen (secondary N) is 1. The molecule has 0 saturated carbocycles. The number of amides is 1. The van der Waals surface area contributed by atoms with Crippen molar-refractivity contribution in [3.63, 3.8) is 0 Å². The number of benzene rings is 1. The molecule has 0 unspecified atom stereocenters. The minimum Gasteiger partial charge on any atom is -0.467 e. The first kappa shape index (κ1) is 17.2. The third kappa shape index (κ3) is 4.70. The Kier molecular flexibility index (Phi) is 5.50. The number of carbonyl (C=O) groups excluding carboxylic acids is 1. The SMILES string of the molecule is Cc1cc(-c2ccccc2)nc(S[C@@H](C)C(=O)NCc2ccco2)n1. The molecule has 1 amide bonds. The van der Waals surface area contributed by atoms with Gasteiger partial charge in [-0.1, -0.05) is 42.1 Å². The highest BCUT2D eigenvalue weighted by molar-refractivity contribution is 8.00. The molecule has 5 nitrogen and oxygen atoms in total. The largest absolute Gasteiger partial charge is 0.467 e. The van der Waals surface area contributed by atoms with Gasteiger partial charge in [0.1, 0.15) is 5.76 Å². The van der Waals surface area contributed by atoms with Crippen LogP contribution in [0.2, 0.25) is 0 Å². The van der Waals surface area contributed by atoms with E-state index >= 15 is 0 Å². The lowest BCUT2D eigenvalue weighted by molar-refractivity contribution is -0.120. The number of hydrogen-bond donors (Lipinski definition) is 1. The summed E-state index contributed by atoms with van der Waals surface area (Å²) in [6, 6.07) is 15.5. The van der Waals surface area contributed by atoms with Gasteiger partial charge in [0.25, 0.3) is 0 Å². The van der Waals surface area contributed by atoms with Gasteiger partial charge in [0.05, 0.1) is 23.8 Å². The Hall–Kier alpha value is -2.60. The maximum absolute atomic E-state index is 12.3. The van der Waals surface area contributed by atoms with Gasteiger partial charge in [0.15, 0.2) is 5.16 Å². The monoisotopic (exact) mass is 353 g/mol. The predicted molar refractivity (Wildman–Crippen MR) is 98.1 cm³/mol. The lowest BCUT2D eigenvalue weighted by atomic mass is 10.1. The maximum Gasteiger partial charge on any atom is 0.233 e. The van der Waals surface area contributed by atoms with Crippen molar-refractivity contribution in [1.29, 1.82) is 0 Å². The topological polar surface area (TPSA) is 68.0 Å². The molecule has 0 radical (unpaired) electrons. The van der Waals surface area contributed by atoms with E-state index in [4.69, 9.17) is 4.42 Å². The molecule has 1 atom stereocenters. The van der Waals surface area contributed by atoms with Crippen molar-refractivity contribution in [3.8, 4) is 11.3 Å². The van der Waals surface area contributed by atoms with E-state index in [9.17, 15) is 4.79 Å². The maximum atomic E-state index is 12.3. The van der Waals surface area contributed by atoms with Gasteiger partial charge in [-0.25, -0.2) is 9.97 Å². The van der Waals surface area contributed by atoms with E-state index in [0.29, 0.717) is 11.7 Å². The van der Waals surface area contributed by atoms with Gasteiger partial charge in [-0.15, -0.1) is 0 Å². The smallest absolute Gasteiger partial charge is 0.233 e. The second-order valence-electron chi connectivity index (χ2n) is 5.60. The van der Waals surface area contributed by atoms with E-state index in [0.717, 1.165) is 22.7 Å². The van der Waals surface area contributed by atoms with Crippen molar-refractivity contribution in [3.05, 3.63) is 66.2 Å². The Morgan fingerprint density at radius 3 is 2.72 bits per heavy atom. The number of hydrogen-bond acceptors (Lipinski definition) is 5. The highest BCUT2D eigenvalue weighted by Gasteiger charge is 2.17. The average Bonchev–Trinajstić information content (AvgIpc) is 3.13. The van der Waals surface area contributed by atoms with Crippen LogP contribution in [0.25, 0.3) is 11.3 Å². The number of thioether (sulfide) groups is 1. The fraction of sp³-hybridized carbons (Fsp3) is 0.211. The second-order valence-corrected chi connectivity index (χ2v) is 6.91. The zero-order valence-electron chi connectivity index (χ0n) is 14.1. The van der Waals surface area contributed by atoms with Crippen LogP contribution in [0, 0.1) is 6.92 Å². The van der Waals surface area contributed by atoms with Crippen molar-refractivity contribution in [2.75, 3.05) is 0 Å². The van der Waals surface area contributed by atoms with Gasteiger partial charge >= 0.3 is 0 Å². The molecule has 3 rings (SSSR count). The number of carbonyl (C=O) groups is 1. The molecule has 0 aliphatic rings. The molecular formula is C19H19N3O2S. The molecule has 1 aromatic carbocycles. The highest BCUT2D eigenvalue weighted by Crippen LogP contribution is 2.24. The Labute approximate surface area is 150 Å². The fourth-order valence-electron chi connectivity index (χ4n) is 2.29. The minimum atomic E-state index is -0.305. The molecule has 3 aromatic rings. The summed E-state index contributed by atoms with van der Waals surface area (Å²) >= 11 is 1.35. The number of aryl methyl sites for hydroxylation is 1. The summed E-state index contributed by atoms with van der Waals surface area (Å²) in [5.41, 5.74) is 2.77. The zero-order chi connectivity index (χ0) is 17.6. The predicted octanol–water partition coefficient (Wildman–Crippen LogP) is 3.84. The molecule has 0 fully saturated rings. The first-order valence-electron chi connectivity index (χ1n) is 7.99. The lowest BCUT2D eigenvalue weighted by Crippen LogP contribution is -2.30. The molecule has 0 aliphatic heterocycles. The number of furan rings is 1. The highest BCUT2D eigenvalue weighted by atomic mass is 32.2. The number of rotatable bonds is 6. The summed E-state index contributed by atoms with van der Waals surface area (Å²) in [4.78, 5) is 21.3. The summed E-state index contributed by atoms with van der Waals surface area (Å²) in [7, 11) is 0. The lowest BCUT2D eigenvalue weighted by Gasteiger charge is -2.11. The molecule has 0 saturated heterocycles. The Bertz CT molecular complexity index is 835. The van der Waals surface area contributed by atoms with Crippen molar-refractivity contribution >= 4 is 17.7 Å². The van der Waals surface area contributed by atoms with Gasteiger partial charge < -0.3 is 9.73 Å². The molecule has 1 N–H and O–H groups in total. The number of nitrogens with zero attached hydrogens (tertiary/aromatic N) is 2. The van der Waals surface area contributed by atoms with Crippen LogP contribution in [0.1, 0.15) is 18.4 Å². The van der Waals surface area contributed by atoms with Crippen LogP contribution >= 0.6 is 11.8 Å². The first-order valence-corrected chi connectivity index (χ1v) is 8.87. The number of aromatic nitrogens is 2. The average molecular weight is 353 g/mol. The van der Waals surface area contributed by atoms with Gasteiger partial charge in [0.2, 0.25) is 5.91 Å². The summed E-state index contributed by atoms with van der Waals surface area (Å²) in [5, 5.41) is 3.15. The normalized spacial score (nSPS) is 11.9. The van der Waals surface area contributed by atoms with E-state index in [2.05, 4.69) is 15.3 Å².